The molecule has 0 saturated heterocycles. The monoisotopic (exact) mass is 329 g/mol. The number of hydrogen-bond acceptors (Lipinski definition) is 3. The molecule has 2 aliphatic rings. The molecule has 2 saturated carbocycles. The van der Waals surface area contributed by atoms with Crippen molar-refractivity contribution in [2.45, 2.75) is 45.1 Å². The minimum Gasteiger partial charge on any atom is -0.338 e. The molecule has 24 heavy (non-hydrogen) atoms. The Balaban J connectivity index is 1.62. The lowest BCUT2D eigenvalue weighted by Crippen LogP contribution is -2.33. The number of nitrogens with one attached hydrogen (secondary N) is 1. The van der Waals surface area contributed by atoms with Crippen LogP contribution in [0.15, 0.2) is 24.3 Å². The number of amides is 2. The zero-order valence-corrected chi connectivity index (χ0v) is 14.2. The van der Waals surface area contributed by atoms with Gasteiger partial charge in [-0.05, 0) is 56.3 Å². The number of carbonyl (C=O) groups excluding carboxylic acids is 2. The molecule has 2 aliphatic carbocycles. The number of anilines is 1. The molecule has 2 fully saturated rings. The highest BCUT2D eigenvalue weighted by molar-refractivity contribution is 5.93. The van der Waals surface area contributed by atoms with Crippen LogP contribution in [0, 0.1) is 11.8 Å². The Morgan fingerprint density at radius 2 is 1.96 bits per heavy atom. The van der Waals surface area contributed by atoms with Crippen molar-refractivity contribution in [2.75, 3.05) is 18.4 Å². The Bertz CT molecular complexity index is 594. The molecule has 2 amide bonds. The zero-order chi connectivity index (χ0) is 16.9. The summed E-state index contributed by atoms with van der Waals surface area (Å²) < 4.78 is 0. The number of benzene rings is 1. The van der Waals surface area contributed by atoms with E-state index in [9.17, 15) is 9.59 Å². The van der Waals surface area contributed by atoms with Crippen LogP contribution >= 0.6 is 0 Å². The van der Waals surface area contributed by atoms with Crippen molar-refractivity contribution in [3.63, 3.8) is 0 Å². The number of nitrogens with two attached hydrogens (primary N) is 1. The Labute approximate surface area is 143 Å². The normalized spacial score (nSPS) is 17.2. The van der Waals surface area contributed by atoms with E-state index < -0.39 is 0 Å². The third-order valence-corrected chi connectivity index (χ3v) is 4.91. The lowest BCUT2D eigenvalue weighted by molar-refractivity contribution is -0.133. The summed E-state index contributed by atoms with van der Waals surface area (Å²) in [6.45, 7) is 1.87. The van der Waals surface area contributed by atoms with Gasteiger partial charge in [0.1, 0.15) is 0 Å². The SMILES string of the molecule is NCCCN(Cc1cccc(NC(=O)C2CCC2)c1)C(=O)C1CC1. The second kappa shape index (κ2) is 7.79. The van der Waals surface area contributed by atoms with Gasteiger partial charge in [0, 0.05) is 30.6 Å². The van der Waals surface area contributed by atoms with Crippen LogP contribution in [0.3, 0.4) is 0 Å². The second-order valence-corrected chi connectivity index (χ2v) is 6.99. The largest absolute Gasteiger partial charge is 0.338 e. The van der Waals surface area contributed by atoms with E-state index in [4.69, 9.17) is 5.73 Å². The van der Waals surface area contributed by atoms with Gasteiger partial charge in [0.2, 0.25) is 11.8 Å². The standard InChI is InChI=1S/C19H27N3O2/c20-10-3-11-22(19(24)16-8-9-16)13-14-4-1-7-17(12-14)21-18(23)15-5-2-6-15/h1,4,7,12,15-16H,2-3,5-6,8-11,13,20H2,(H,21,23). The van der Waals surface area contributed by atoms with Crippen LogP contribution in [-0.2, 0) is 16.1 Å². The van der Waals surface area contributed by atoms with Gasteiger partial charge in [0.15, 0.2) is 0 Å². The van der Waals surface area contributed by atoms with Crippen LogP contribution in [0.1, 0.15) is 44.1 Å². The second-order valence-electron chi connectivity index (χ2n) is 6.99. The first kappa shape index (κ1) is 17.0. The first-order valence-electron chi connectivity index (χ1n) is 9.06. The molecule has 0 bridgehead atoms. The van der Waals surface area contributed by atoms with Gasteiger partial charge in [-0.15, -0.1) is 0 Å². The van der Waals surface area contributed by atoms with E-state index in [1.165, 1.54) is 0 Å². The van der Waals surface area contributed by atoms with Gasteiger partial charge in [-0.1, -0.05) is 18.6 Å². The topological polar surface area (TPSA) is 75.4 Å². The lowest BCUT2D eigenvalue weighted by atomic mass is 9.85. The van der Waals surface area contributed by atoms with Crippen molar-refractivity contribution in [2.24, 2.45) is 17.6 Å². The van der Waals surface area contributed by atoms with E-state index in [0.29, 0.717) is 19.6 Å². The smallest absolute Gasteiger partial charge is 0.227 e. The highest BCUT2D eigenvalue weighted by Gasteiger charge is 2.33. The highest BCUT2D eigenvalue weighted by Crippen LogP contribution is 2.32. The minimum absolute atomic E-state index is 0.118. The van der Waals surface area contributed by atoms with Gasteiger partial charge in [-0.3, -0.25) is 9.59 Å². The van der Waals surface area contributed by atoms with Crippen LogP contribution in [0.25, 0.3) is 0 Å². The summed E-state index contributed by atoms with van der Waals surface area (Å²) in [5, 5.41) is 3.00. The van der Waals surface area contributed by atoms with Crippen LogP contribution in [-0.4, -0.2) is 29.8 Å². The Hall–Kier alpha value is -1.88. The average Bonchev–Trinajstić information content (AvgIpc) is 3.34. The molecule has 0 aliphatic heterocycles. The molecule has 3 N–H and O–H groups in total. The summed E-state index contributed by atoms with van der Waals surface area (Å²) >= 11 is 0. The third-order valence-electron chi connectivity index (χ3n) is 4.91. The maximum Gasteiger partial charge on any atom is 0.227 e. The fourth-order valence-electron chi connectivity index (χ4n) is 3.02. The van der Waals surface area contributed by atoms with Gasteiger partial charge in [-0.2, -0.15) is 0 Å². The number of nitrogens with zero attached hydrogens (tertiary/aromatic N) is 1. The molecule has 0 unspecified atom stereocenters. The summed E-state index contributed by atoms with van der Waals surface area (Å²) in [7, 11) is 0. The summed E-state index contributed by atoms with van der Waals surface area (Å²) in [5.41, 5.74) is 7.47. The molecule has 130 valence electrons. The summed E-state index contributed by atoms with van der Waals surface area (Å²) in [6.07, 6.45) is 5.97. The van der Waals surface area contributed by atoms with Crippen molar-refractivity contribution < 1.29 is 9.59 Å². The lowest BCUT2D eigenvalue weighted by Gasteiger charge is -2.25. The number of hydrogen-bond donors (Lipinski definition) is 2. The number of carbonyl (C=O) groups is 2. The van der Waals surface area contributed by atoms with Crippen molar-refractivity contribution in [3.05, 3.63) is 29.8 Å². The first-order valence-corrected chi connectivity index (χ1v) is 9.06. The minimum atomic E-state index is 0.118. The van der Waals surface area contributed by atoms with E-state index in [1.54, 1.807) is 0 Å². The fourth-order valence-corrected chi connectivity index (χ4v) is 3.02. The van der Waals surface area contributed by atoms with Crippen molar-refractivity contribution in [1.29, 1.82) is 0 Å². The molecular formula is C19H27N3O2. The molecule has 1 aromatic rings. The molecular weight excluding hydrogens is 302 g/mol. The Kier molecular flexibility index (Phi) is 5.51. The van der Waals surface area contributed by atoms with E-state index >= 15 is 0 Å². The van der Waals surface area contributed by atoms with Crippen molar-refractivity contribution in [1.82, 2.24) is 4.90 Å². The summed E-state index contributed by atoms with van der Waals surface area (Å²) in [6, 6.07) is 7.84. The molecule has 5 nitrogen and oxygen atoms in total. The first-order chi connectivity index (χ1) is 11.7. The van der Waals surface area contributed by atoms with Crippen LogP contribution < -0.4 is 11.1 Å². The van der Waals surface area contributed by atoms with Crippen LogP contribution in [0.5, 0.6) is 0 Å². The van der Waals surface area contributed by atoms with E-state index in [2.05, 4.69) is 5.32 Å². The van der Waals surface area contributed by atoms with Crippen molar-refractivity contribution >= 4 is 17.5 Å². The Morgan fingerprint density at radius 1 is 1.17 bits per heavy atom. The third kappa shape index (κ3) is 4.35. The zero-order valence-electron chi connectivity index (χ0n) is 14.2. The van der Waals surface area contributed by atoms with Gasteiger partial charge >= 0.3 is 0 Å². The van der Waals surface area contributed by atoms with Gasteiger partial charge < -0.3 is 16.0 Å². The van der Waals surface area contributed by atoms with Gasteiger partial charge in [-0.25, -0.2) is 0 Å². The predicted octanol–water partition coefficient (Wildman–Crippen LogP) is 2.51. The maximum atomic E-state index is 12.4. The molecule has 0 spiro atoms. The van der Waals surface area contributed by atoms with Crippen molar-refractivity contribution in [3.8, 4) is 0 Å². The van der Waals surface area contributed by atoms with Crippen LogP contribution in [0.2, 0.25) is 0 Å². The molecule has 0 aromatic heterocycles. The molecule has 0 heterocycles. The van der Waals surface area contributed by atoms with Crippen LogP contribution in [0.4, 0.5) is 5.69 Å². The predicted molar refractivity (Wildman–Crippen MR) is 94.2 cm³/mol. The molecule has 0 atom stereocenters. The van der Waals surface area contributed by atoms with E-state index in [0.717, 1.165) is 49.8 Å². The molecule has 1 aromatic carbocycles. The molecule has 0 radical (unpaired) electrons. The van der Waals surface area contributed by atoms with E-state index in [-0.39, 0.29) is 23.7 Å². The summed E-state index contributed by atoms with van der Waals surface area (Å²) in [5.74, 6) is 0.746. The fraction of sp³-hybridized carbons (Fsp3) is 0.579. The Morgan fingerprint density at radius 3 is 2.58 bits per heavy atom. The maximum absolute atomic E-state index is 12.4. The number of rotatable bonds is 8. The summed E-state index contributed by atoms with van der Waals surface area (Å²) in [4.78, 5) is 26.4. The quantitative estimate of drug-likeness (QED) is 0.769. The highest BCUT2D eigenvalue weighted by atomic mass is 16.2. The molecule has 3 rings (SSSR count). The average molecular weight is 329 g/mol. The van der Waals surface area contributed by atoms with Gasteiger partial charge in [0.05, 0.1) is 0 Å². The van der Waals surface area contributed by atoms with Gasteiger partial charge in [0.25, 0.3) is 0 Å². The van der Waals surface area contributed by atoms with E-state index in [1.807, 2.05) is 29.2 Å². The molecule has 5 heteroatoms.